The van der Waals surface area contributed by atoms with E-state index in [9.17, 15) is 10.1 Å². The molecule has 0 spiro atoms. The quantitative estimate of drug-likeness (QED) is 0.462. The Hall–Kier alpha value is -3.19. The third-order valence-electron chi connectivity index (χ3n) is 8.15. The first-order valence-electron chi connectivity index (χ1n) is 13.6. The van der Waals surface area contributed by atoms with Crippen molar-refractivity contribution in [1.82, 2.24) is 24.7 Å². The summed E-state index contributed by atoms with van der Waals surface area (Å²) in [5, 5.41) is 10.2. The number of likely N-dealkylation sites (N-methyl/N-ethyl adjacent to an activating group) is 1. The van der Waals surface area contributed by atoms with Crippen LogP contribution in [0.25, 0.3) is 0 Å². The summed E-state index contributed by atoms with van der Waals surface area (Å²) >= 11 is 6.30. The number of carbonyl (C=O) groups excluding carboxylic acids is 1. The van der Waals surface area contributed by atoms with Crippen LogP contribution >= 0.6 is 11.6 Å². The molecule has 2 fully saturated rings. The molecule has 5 rings (SSSR count). The van der Waals surface area contributed by atoms with E-state index in [2.05, 4.69) is 47.4 Å². The van der Waals surface area contributed by atoms with Gasteiger partial charge < -0.3 is 19.4 Å². The highest BCUT2D eigenvalue weighted by Crippen LogP contribution is 2.34. The molecule has 1 amide bonds. The maximum Gasteiger partial charge on any atom is 0.318 e. The zero-order valence-corrected chi connectivity index (χ0v) is 23.5. The van der Waals surface area contributed by atoms with Gasteiger partial charge in [0.1, 0.15) is 12.4 Å². The SMILES string of the molecule is C=CC(=O)N1CCN(c2nc(OC[C@@H]3CCCN3C)nc3c2CN(Cc2cc(Cl)ccc2C)C3)C[C@@H]1CC#N. The summed E-state index contributed by atoms with van der Waals surface area (Å²) in [5.41, 5.74) is 4.44. The summed E-state index contributed by atoms with van der Waals surface area (Å²) in [7, 11) is 2.13. The zero-order chi connectivity index (χ0) is 27.5. The van der Waals surface area contributed by atoms with Gasteiger partial charge >= 0.3 is 6.01 Å². The first kappa shape index (κ1) is 27.4. The highest BCUT2D eigenvalue weighted by atomic mass is 35.5. The van der Waals surface area contributed by atoms with E-state index in [0.29, 0.717) is 51.4 Å². The molecule has 2 aromatic rings. The van der Waals surface area contributed by atoms with Crippen LogP contribution in [0.5, 0.6) is 6.01 Å². The van der Waals surface area contributed by atoms with Gasteiger partial charge in [0.05, 0.1) is 24.2 Å². The highest BCUT2D eigenvalue weighted by molar-refractivity contribution is 6.30. The summed E-state index contributed by atoms with van der Waals surface area (Å²) in [5.74, 6) is 0.698. The van der Waals surface area contributed by atoms with Crippen molar-refractivity contribution < 1.29 is 9.53 Å². The number of benzene rings is 1. The van der Waals surface area contributed by atoms with Gasteiger partial charge in [-0.15, -0.1) is 0 Å². The standard InChI is InChI=1S/C29H36ClN7O2/c1-4-27(38)37-13-12-36(16-23(37)9-10-31)28-25-17-35(15-21-14-22(30)8-7-20(21)2)18-26(25)32-29(33-28)39-19-24-6-5-11-34(24)3/h4,7-8,14,23-24H,1,5-6,9,11-13,15-19H2,2-3H3/t23-,24-/m0/s1. The topological polar surface area (TPSA) is 88.8 Å². The Kier molecular flexibility index (Phi) is 8.36. The van der Waals surface area contributed by atoms with Gasteiger partial charge in [-0.1, -0.05) is 24.2 Å². The summed E-state index contributed by atoms with van der Waals surface area (Å²) in [6.45, 7) is 11.2. The average molecular weight is 550 g/mol. The number of piperazine rings is 1. The Morgan fingerprint density at radius 1 is 1.26 bits per heavy atom. The Morgan fingerprint density at radius 2 is 2.10 bits per heavy atom. The second kappa shape index (κ2) is 11.9. The minimum absolute atomic E-state index is 0.143. The van der Waals surface area contributed by atoms with Crippen molar-refractivity contribution in [3.05, 3.63) is 58.3 Å². The van der Waals surface area contributed by atoms with E-state index in [1.54, 1.807) is 4.90 Å². The summed E-state index contributed by atoms with van der Waals surface area (Å²) in [6, 6.07) is 8.77. The monoisotopic (exact) mass is 549 g/mol. The van der Waals surface area contributed by atoms with Gasteiger partial charge in [-0.2, -0.15) is 15.2 Å². The fourth-order valence-corrected chi connectivity index (χ4v) is 6.06. The normalized spacial score (nSPS) is 21.6. The second-order valence-electron chi connectivity index (χ2n) is 10.8. The van der Waals surface area contributed by atoms with Crippen molar-refractivity contribution in [3.63, 3.8) is 0 Å². The van der Waals surface area contributed by atoms with Gasteiger partial charge in [0.15, 0.2) is 0 Å². The third kappa shape index (κ3) is 6.03. The largest absolute Gasteiger partial charge is 0.462 e. The molecule has 1 aromatic heterocycles. The van der Waals surface area contributed by atoms with Gasteiger partial charge in [-0.3, -0.25) is 9.69 Å². The molecule has 2 atom stereocenters. The first-order chi connectivity index (χ1) is 18.9. The average Bonchev–Trinajstić information content (AvgIpc) is 3.53. The van der Waals surface area contributed by atoms with Crippen LogP contribution in [-0.4, -0.2) is 82.5 Å². The van der Waals surface area contributed by atoms with Crippen molar-refractivity contribution >= 4 is 23.3 Å². The molecule has 3 aliphatic rings. The van der Waals surface area contributed by atoms with E-state index in [4.69, 9.17) is 26.3 Å². The lowest BCUT2D eigenvalue weighted by molar-refractivity contribution is -0.128. The van der Waals surface area contributed by atoms with Gasteiger partial charge in [0.25, 0.3) is 0 Å². The second-order valence-corrected chi connectivity index (χ2v) is 11.2. The summed E-state index contributed by atoms with van der Waals surface area (Å²) in [4.78, 5) is 30.9. The van der Waals surface area contributed by atoms with E-state index < -0.39 is 0 Å². The molecule has 0 bridgehead atoms. The van der Waals surface area contributed by atoms with Gasteiger partial charge in [0.2, 0.25) is 5.91 Å². The Labute approximate surface area is 235 Å². The Bertz CT molecular complexity index is 1280. The molecule has 10 heteroatoms. The number of aryl methyl sites for hydroxylation is 1. The van der Waals surface area contributed by atoms with Crippen molar-refractivity contribution in [2.45, 2.75) is 57.9 Å². The van der Waals surface area contributed by atoms with Crippen LogP contribution in [0.1, 0.15) is 41.6 Å². The maximum atomic E-state index is 12.5. The number of nitriles is 1. The van der Waals surface area contributed by atoms with Crippen molar-refractivity contribution in [2.24, 2.45) is 0 Å². The number of rotatable bonds is 8. The van der Waals surface area contributed by atoms with Gasteiger partial charge in [0, 0.05) is 55.9 Å². The molecule has 0 unspecified atom stereocenters. The number of ether oxygens (including phenoxy) is 1. The maximum absolute atomic E-state index is 12.5. The number of amides is 1. The van der Waals surface area contributed by atoms with E-state index in [0.717, 1.165) is 41.6 Å². The molecule has 3 aliphatic heterocycles. The van der Waals surface area contributed by atoms with Gasteiger partial charge in [-0.05, 0) is 62.7 Å². The summed E-state index contributed by atoms with van der Waals surface area (Å²) in [6.07, 6.45) is 3.86. The lowest BCUT2D eigenvalue weighted by Gasteiger charge is -2.41. The lowest BCUT2D eigenvalue weighted by Crippen LogP contribution is -2.55. The number of fused-ring (bicyclic) bond motifs is 1. The molecule has 206 valence electrons. The van der Waals surface area contributed by atoms with Crippen LogP contribution in [-0.2, 0) is 24.4 Å². The number of carbonyl (C=O) groups is 1. The van der Waals surface area contributed by atoms with Gasteiger partial charge in [-0.25, -0.2) is 0 Å². The Morgan fingerprint density at radius 3 is 2.85 bits per heavy atom. The fourth-order valence-electron chi connectivity index (χ4n) is 5.86. The minimum atomic E-state index is -0.233. The van der Waals surface area contributed by atoms with E-state index in [-0.39, 0.29) is 18.4 Å². The highest BCUT2D eigenvalue weighted by Gasteiger charge is 2.34. The van der Waals surface area contributed by atoms with Crippen molar-refractivity contribution in [1.29, 1.82) is 5.26 Å². The van der Waals surface area contributed by atoms with Crippen LogP contribution < -0.4 is 9.64 Å². The lowest BCUT2D eigenvalue weighted by atomic mass is 10.1. The fraction of sp³-hybridized carbons (Fsp3) is 0.517. The molecule has 9 nitrogen and oxygen atoms in total. The minimum Gasteiger partial charge on any atom is -0.462 e. The predicted molar refractivity (Wildman–Crippen MR) is 150 cm³/mol. The number of anilines is 1. The van der Waals surface area contributed by atoms with E-state index >= 15 is 0 Å². The zero-order valence-electron chi connectivity index (χ0n) is 22.8. The van der Waals surface area contributed by atoms with Crippen LogP contribution in [0, 0.1) is 18.3 Å². The number of hydrogen-bond donors (Lipinski definition) is 0. The molecule has 2 saturated heterocycles. The first-order valence-corrected chi connectivity index (χ1v) is 14.0. The Balaban J connectivity index is 1.41. The van der Waals surface area contributed by atoms with Crippen LogP contribution in [0.3, 0.4) is 0 Å². The van der Waals surface area contributed by atoms with E-state index in [1.807, 2.05) is 12.1 Å². The van der Waals surface area contributed by atoms with Crippen molar-refractivity contribution in [3.8, 4) is 12.1 Å². The molecule has 4 heterocycles. The molecule has 0 radical (unpaired) electrons. The van der Waals surface area contributed by atoms with Crippen LogP contribution in [0.15, 0.2) is 30.9 Å². The van der Waals surface area contributed by atoms with E-state index in [1.165, 1.54) is 23.6 Å². The predicted octanol–water partition coefficient (Wildman–Crippen LogP) is 3.54. The molecular formula is C29H36ClN7O2. The molecule has 0 N–H and O–H groups in total. The number of halogens is 1. The van der Waals surface area contributed by atoms with Crippen LogP contribution in [0.4, 0.5) is 5.82 Å². The third-order valence-corrected chi connectivity index (χ3v) is 8.39. The van der Waals surface area contributed by atoms with Crippen molar-refractivity contribution in [2.75, 3.05) is 44.7 Å². The molecule has 1 aromatic carbocycles. The molecular weight excluding hydrogens is 514 g/mol. The molecule has 0 saturated carbocycles. The smallest absolute Gasteiger partial charge is 0.318 e. The van der Waals surface area contributed by atoms with Crippen LogP contribution in [0.2, 0.25) is 5.02 Å². The number of aromatic nitrogens is 2. The number of likely N-dealkylation sites (tertiary alicyclic amines) is 1. The molecule has 39 heavy (non-hydrogen) atoms. The molecule has 0 aliphatic carbocycles. The number of hydrogen-bond acceptors (Lipinski definition) is 8. The summed E-state index contributed by atoms with van der Waals surface area (Å²) < 4.78 is 6.20. The number of nitrogens with zero attached hydrogens (tertiary/aromatic N) is 7.